The molecule has 0 aliphatic carbocycles. The summed E-state index contributed by atoms with van der Waals surface area (Å²) in [6.45, 7) is 3.37. The first kappa shape index (κ1) is 28.2. The quantitative estimate of drug-likeness (QED) is 0.353. The minimum atomic E-state index is -3.81. The highest BCUT2D eigenvalue weighted by molar-refractivity contribution is 7.91. The number of benzene rings is 1. The van der Waals surface area contributed by atoms with Crippen LogP contribution < -0.4 is 14.4 Å². The van der Waals surface area contributed by atoms with Crippen LogP contribution in [-0.2, 0) is 25.1 Å². The second-order valence-corrected chi connectivity index (χ2v) is 12.0. The first-order valence-corrected chi connectivity index (χ1v) is 14.9. The minimum absolute atomic E-state index is 0.127. The van der Waals surface area contributed by atoms with Crippen molar-refractivity contribution in [3.8, 4) is 17.2 Å². The molecule has 14 heteroatoms. The van der Waals surface area contributed by atoms with E-state index in [0.29, 0.717) is 49.2 Å². The molecular weight excluding hydrogens is 543 g/mol. The van der Waals surface area contributed by atoms with E-state index in [1.54, 1.807) is 27.7 Å². The summed E-state index contributed by atoms with van der Waals surface area (Å²) in [7, 11) is -0.745. The molecule has 3 aromatic rings. The van der Waals surface area contributed by atoms with Crippen molar-refractivity contribution in [2.24, 2.45) is 0 Å². The number of halogens is 1. The van der Waals surface area contributed by atoms with Gasteiger partial charge in [0.2, 0.25) is 5.95 Å². The summed E-state index contributed by atoms with van der Waals surface area (Å²) in [5.74, 6) is 0.943. The number of piperidine rings is 1. The maximum atomic E-state index is 14.0. The molecule has 5 rings (SSSR count). The smallest absolute Gasteiger partial charge is 0.225 e. The highest BCUT2D eigenvalue weighted by atomic mass is 32.2. The topological polar surface area (TPSA) is 131 Å². The first-order chi connectivity index (χ1) is 19.3. The molecule has 4 heterocycles. The lowest BCUT2D eigenvalue weighted by Gasteiger charge is -2.37. The zero-order valence-corrected chi connectivity index (χ0v) is 23.5. The molecule has 0 N–H and O–H groups in total. The van der Waals surface area contributed by atoms with E-state index in [0.717, 1.165) is 25.2 Å². The number of aromatic nitrogens is 5. The summed E-state index contributed by atoms with van der Waals surface area (Å²) in [6, 6.07) is 5.32. The van der Waals surface area contributed by atoms with Gasteiger partial charge in [0.25, 0.3) is 0 Å². The van der Waals surface area contributed by atoms with Crippen molar-refractivity contribution < 1.29 is 31.8 Å². The van der Waals surface area contributed by atoms with Crippen LogP contribution in [0.2, 0.25) is 0 Å². The molecule has 0 saturated carbocycles. The standard InChI is InChI=1S/C26H33FN6O6S/c1-4-38-18-11-19(15-32(14-18)26-28-12-17(27)13-29-26)40(34,35)16-23-30-31-25(22-9-6-10-39-22)33(23)24-20(36-2)7-5-8-21(24)37-3/h5,7-8,12-13,18-19,22H,4,6,9-11,14-16H2,1-3H3/t18-,19+,22+/m0/s1. The van der Waals surface area contributed by atoms with Gasteiger partial charge in [-0.25, -0.2) is 22.8 Å². The Morgan fingerprint density at radius 1 is 1.10 bits per heavy atom. The number of anilines is 1. The van der Waals surface area contributed by atoms with Crippen molar-refractivity contribution in [1.29, 1.82) is 0 Å². The first-order valence-electron chi connectivity index (χ1n) is 13.2. The van der Waals surface area contributed by atoms with Crippen molar-refractivity contribution in [2.45, 2.75) is 49.4 Å². The predicted molar refractivity (Wildman–Crippen MR) is 143 cm³/mol. The molecule has 2 saturated heterocycles. The molecule has 2 aliphatic heterocycles. The van der Waals surface area contributed by atoms with Gasteiger partial charge in [-0.3, -0.25) is 4.57 Å². The Balaban J connectivity index is 1.52. The fourth-order valence-corrected chi connectivity index (χ4v) is 6.96. The van der Waals surface area contributed by atoms with Gasteiger partial charge in [-0.1, -0.05) is 6.07 Å². The fraction of sp³-hybridized carbons (Fsp3) is 0.538. The van der Waals surface area contributed by atoms with Gasteiger partial charge in [-0.05, 0) is 38.3 Å². The third kappa shape index (κ3) is 5.74. The number of hydrogen-bond donors (Lipinski definition) is 0. The Kier molecular flexibility index (Phi) is 8.47. The molecule has 216 valence electrons. The van der Waals surface area contributed by atoms with E-state index in [9.17, 15) is 12.8 Å². The molecule has 0 unspecified atom stereocenters. The fourth-order valence-electron chi connectivity index (χ4n) is 5.26. The number of para-hydroxylation sites is 1. The summed E-state index contributed by atoms with van der Waals surface area (Å²) >= 11 is 0. The zero-order chi connectivity index (χ0) is 28.3. The van der Waals surface area contributed by atoms with Gasteiger partial charge >= 0.3 is 0 Å². The number of sulfone groups is 1. The Morgan fingerprint density at radius 3 is 2.45 bits per heavy atom. The average Bonchev–Trinajstić information content (AvgIpc) is 3.63. The van der Waals surface area contributed by atoms with E-state index >= 15 is 0 Å². The molecule has 2 fully saturated rings. The number of rotatable bonds is 10. The lowest BCUT2D eigenvalue weighted by molar-refractivity contribution is 0.0531. The molecule has 2 aromatic heterocycles. The molecule has 3 atom stereocenters. The summed E-state index contributed by atoms with van der Waals surface area (Å²) < 4.78 is 66.2. The number of nitrogens with zero attached hydrogens (tertiary/aromatic N) is 6. The maximum Gasteiger partial charge on any atom is 0.225 e. The van der Waals surface area contributed by atoms with Crippen LogP contribution in [0.25, 0.3) is 5.69 Å². The van der Waals surface area contributed by atoms with E-state index in [1.807, 2.05) is 6.92 Å². The van der Waals surface area contributed by atoms with Gasteiger partial charge in [0, 0.05) is 26.3 Å². The van der Waals surface area contributed by atoms with Crippen LogP contribution in [0.4, 0.5) is 10.3 Å². The van der Waals surface area contributed by atoms with Crippen molar-refractivity contribution in [2.75, 3.05) is 45.4 Å². The molecule has 2 aliphatic rings. The van der Waals surface area contributed by atoms with Gasteiger partial charge in [-0.2, -0.15) is 0 Å². The lowest BCUT2D eigenvalue weighted by atomic mass is 10.1. The van der Waals surface area contributed by atoms with Gasteiger partial charge in [-0.15, -0.1) is 10.2 Å². The van der Waals surface area contributed by atoms with Gasteiger partial charge in [0.1, 0.15) is 29.0 Å². The molecule has 0 radical (unpaired) electrons. The second kappa shape index (κ2) is 12.0. The van der Waals surface area contributed by atoms with E-state index in [4.69, 9.17) is 18.9 Å². The lowest BCUT2D eigenvalue weighted by Crippen LogP contribution is -2.50. The van der Waals surface area contributed by atoms with Crippen LogP contribution in [0, 0.1) is 5.82 Å². The van der Waals surface area contributed by atoms with Crippen LogP contribution in [0.3, 0.4) is 0 Å². The Morgan fingerprint density at radius 2 is 1.82 bits per heavy atom. The van der Waals surface area contributed by atoms with Crippen LogP contribution in [0.5, 0.6) is 11.5 Å². The summed E-state index contributed by atoms with van der Waals surface area (Å²) in [5.41, 5.74) is 0.505. The number of methoxy groups -OCH3 is 2. The molecule has 0 spiro atoms. The number of hydrogen-bond acceptors (Lipinski definition) is 11. The normalized spacial score (nSPS) is 21.5. The molecule has 12 nitrogen and oxygen atoms in total. The Labute approximate surface area is 232 Å². The van der Waals surface area contributed by atoms with E-state index in [2.05, 4.69) is 20.2 Å². The predicted octanol–water partition coefficient (Wildman–Crippen LogP) is 2.66. The highest BCUT2D eigenvalue weighted by Gasteiger charge is 2.39. The third-order valence-electron chi connectivity index (χ3n) is 7.10. The van der Waals surface area contributed by atoms with Crippen LogP contribution >= 0.6 is 0 Å². The molecule has 1 aromatic carbocycles. The summed E-state index contributed by atoms with van der Waals surface area (Å²) in [4.78, 5) is 9.83. The SMILES string of the molecule is CCO[C@H]1C[C@@H](S(=O)(=O)Cc2nnc([C@H]3CCCO3)n2-c2c(OC)cccc2OC)CN(c2ncc(F)cn2)C1. The number of ether oxygens (including phenoxy) is 4. The summed E-state index contributed by atoms with van der Waals surface area (Å²) in [5, 5.41) is 7.92. The highest BCUT2D eigenvalue weighted by Crippen LogP contribution is 2.38. The van der Waals surface area contributed by atoms with Crippen LogP contribution in [0.1, 0.15) is 43.9 Å². The maximum absolute atomic E-state index is 14.0. The molecule has 40 heavy (non-hydrogen) atoms. The van der Waals surface area contributed by atoms with Crippen LogP contribution in [0.15, 0.2) is 30.6 Å². The molecule has 0 bridgehead atoms. The minimum Gasteiger partial charge on any atom is -0.494 e. The average molecular weight is 577 g/mol. The monoisotopic (exact) mass is 576 g/mol. The van der Waals surface area contributed by atoms with E-state index in [-0.39, 0.29) is 30.5 Å². The molecular formula is C26H33FN6O6S. The molecule has 0 amide bonds. The second-order valence-electron chi connectivity index (χ2n) is 9.67. The zero-order valence-electron chi connectivity index (χ0n) is 22.7. The van der Waals surface area contributed by atoms with Crippen LogP contribution in [-0.4, -0.2) is 85.0 Å². The largest absolute Gasteiger partial charge is 0.494 e. The van der Waals surface area contributed by atoms with Gasteiger partial charge < -0.3 is 23.8 Å². The Bertz CT molecular complexity index is 1390. The van der Waals surface area contributed by atoms with Crippen molar-refractivity contribution in [3.05, 3.63) is 48.1 Å². The summed E-state index contributed by atoms with van der Waals surface area (Å²) in [6.07, 6.45) is 3.28. The van der Waals surface area contributed by atoms with Gasteiger partial charge in [0.15, 0.2) is 27.3 Å². The van der Waals surface area contributed by atoms with Crippen molar-refractivity contribution >= 4 is 15.8 Å². The van der Waals surface area contributed by atoms with E-state index in [1.165, 1.54) is 14.2 Å². The van der Waals surface area contributed by atoms with Crippen molar-refractivity contribution in [1.82, 2.24) is 24.7 Å². The van der Waals surface area contributed by atoms with Gasteiger partial charge in [0.05, 0.1) is 38.0 Å². The van der Waals surface area contributed by atoms with Crippen molar-refractivity contribution in [3.63, 3.8) is 0 Å². The Hall–Kier alpha value is -3.36. The van der Waals surface area contributed by atoms with E-state index < -0.39 is 26.7 Å². The third-order valence-corrected chi connectivity index (χ3v) is 9.12.